The van der Waals surface area contributed by atoms with Crippen LogP contribution in [0.1, 0.15) is 13.8 Å². The van der Waals surface area contributed by atoms with E-state index in [1.54, 1.807) is 6.92 Å². The molecule has 0 saturated heterocycles. The molecule has 1 atom stereocenters. The minimum atomic E-state index is -0.365. The Bertz CT molecular complexity index is 310. The van der Waals surface area contributed by atoms with Crippen molar-refractivity contribution in [2.45, 2.75) is 20.0 Å². The summed E-state index contributed by atoms with van der Waals surface area (Å²) in [5.74, 6) is 0.811. The highest BCUT2D eigenvalue weighted by Gasteiger charge is 2.10. The molecule has 0 amide bonds. The number of hydrogen-bond acceptors (Lipinski definition) is 2. The van der Waals surface area contributed by atoms with Crippen LogP contribution in [-0.4, -0.2) is 11.9 Å². The van der Waals surface area contributed by atoms with Gasteiger partial charge in [-0.05, 0) is 48.6 Å². The van der Waals surface area contributed by atoms with E-state index in [-0.39, 0.29) is 11.9 Å². The van der Waals surface area contributed by atoms with Crippen molar-refractivity contribution in [3.05, 3.63) is 27.8 Å². The summed E-state index contributed by atoms with van der Waals surface area (Å²) >= 11 is 2.18. The zero-order valence-electron chi connectivity index (χ0n) is 7.58. The monoisotopic (exact) mass is 290 g/mol. The van der Waals surface area contributed by atoms with E-state index < -0.39 is 0 Å². The maximum absolute atomic E-state index is 10.9. The number of ketones is 1. The molecule has 0 N–H and O–H groups in total. The second-order valence-corrected chi connectivity index (χ2v) is 3.96. The van der Waals surface area contributed by atoms with Gasteiger partial charge in [-0.3, -0.25) is 4.79 Å². The minimum Gasteiger partial charge on any atom is -0.482 e. The second-order valence-electron chi connectivity index (χ2n) is 2.80. The van der Waals surface area contributed by atoms with Crippen LogP contribution < -0.4 is 4.74 Å². The van der Waals surface area contributed by atoms with Gasteiger partial charge in [0, 0.05) is 0 Å². The molecule has 0 fully saturated rings. The number of ether oxygens (including phenoxy) is 1. The Morgan fingerprint density at radius 3 is 2.62 bits per heavy atom. The van der Waals surface area contributed by atoms with Crippen LogP contribution in [0, 0.1) is 3.57 Å². The first-order chi connectivity index (χ1) is 6.11. The lowest BCUT2D eigenvalue weighted by Crippen LogP contribution is -2.20. The van der Waals surface area contributed by atoms with Crippen molar-refractivity contribution < 1.29 is 9.53 Å². The van der Waals surface area contributed by atoms with Gasteiger partial charge in [-0.25, -0.2) is 0 Å². The summed E-state index contributed by atoms with van der Waals surface area (Å²) < 4.78 is 6.47. The highest BCUT2D eigenvalue weighted by molar-refractivity contribution is 14.1. The van der Waals surface area contributed by atoms with E-state index in [4.69, 9.17) is 4.74 Å². The van der Waals surface area contributed by atoms with Gasteiger partial charge >= 0.3 is 0 Å². The predicted octanol–water partition coefficient (Wildman–Crippen LogP) is 2.65. The standard InChI is InChI=1S/C10H11IO2/c1-7(12)8(2)13-10-6-4-3-5-9(10)11/h3-6,8H,1-2H3. The van der Waals surface area contributed by atoms with Gasteiger partial charge in [0.2, 0.25) is 0 Å². The third-order valence-corrected chi connectivity index (χ3v) is 2.60. The average molecular weight is 290 g/mol. The normalized spacial score (nSPS) is 12.2. The Kier molecular flexibility index (Phi) is 3.71. The van der Waals surface area contributed by atoms with Gasteiger partial charge < -0.3 is 4.74 Å². The predicted molar refractivity (Wildman–Crippen MR) is 59.9 cm³/mol. The zero-order valence-corrected chi connectivity index (χ0v) is 9.74. The van der Waals surface area contributed by atoms with Crippen LogP contribution >= 0.6 is 22.6 Å². The second kappa shape index (κ2) is 4.60. The summed E-state index contributed by atoms with van der Waals surface area (Å²) in [6.45, 7) is 3.28. The Morgan fingerprint density at radius 2 is 2.08 bits per heavy atom. The van der Waals surface area contributed by atoms with Crippen LogP contribution in [0.5, 0.6) is 5.75 Å². The summed E-state index contributed by atoms with van der Waals surface area (Å²) in [6, 6.07) is 7.64. The molecule has 13 heavy (non-hydrogen) atoms. The Morgan fingerprint density at radius 1 is 1.46 bits per heavy atom. The van der Waals surface area contributed by atoms with Crippen molar-refractivity contribution >= 4 is 28.4 Å². The third-order valence-electron chi connectivity index (χ3n) is 1.71. The summed E-state index contributed by atoms with van der Waals surface area (Å²) in [4.78, 5) is 10.9. The lowest BCUT2D eigenvalue weighted by atomic mass is 10.3. The SMILES string of the molecule is CC(=O)C(C)Oc1ccccc1I. The third kappa shape index (κ3) is 2.99. The largest absolute Gasteiger partial charge is 0.482 e. The Labute approximate surface area is 91.4 Å². The molecule has 0 heterocycles. The fraction of sp³-hybridized carbons (Fsp3) is 0.300. The first-order valence-corrected chi connectivity index (χ1v) is 5.11. The molecule has 0 bridgehead atoms. The van der Waals surface area contributed by atoms with E-state index >= 15 is 0 Å². The highest BCUT2D eigenvalue weighted by Crippen LogP contribution is 2.20. The fourth-order valence-corrected chi connectivity index (χ4v) is 1.33. The maximum Gasteiger partial charge on any atom is 0.169 e. The smallest absolute Gasteiger partial charge is 0.169 e. The molecule has 0 aliphatic carbocycles. The molecule has 3 heteroatoms. The fourth-order valence-electron chi connectivity index (χ4n) is 0.814. The van der Waals surface area contributed by atoms with Crippen LogP contribution in [0.25, 0.3) is 0 Å². The Hall–Kier alpha value is -0.580. The van der Waals surface area contributed by atoms with E-state index in [0.717, 1.165) is 9.32 Å². The van der Waals surface area contributed by atoms with Crippen molar-refractivity contribution in [3.8, 4) is 5.75 Å². The molecule has 1 aromatic rings. The molecule has 1 rings (SSSR count). The lowest BCUT2D eigenvalue weighted by molar-refractivity contribution is -0.122. The molecular weight excluding hydrogens is 279 g/mol. The van der Waals surface area contributed by atoms with Crippen LogP contribution in [0.2, 0.25) is 0 Å². The number of Topliss-reactive ketones (excluding diaryl/α,β-unsaturated/α-hetero) is 1. The molecular formula is C10H11IO2. The summed E-state index contributed by atoms with van der Waals surface area (Å²) in [5.41, 5.74) is 0. The van der Waals surface area contributed by atoms with Crippen LogP contribution in [0.15, 0.2) is 24.3 Å². The van der Waals surface area contributed by atoms with Crippen LogP contribution in [-0.2, 0) is 4.79 Å². The summed E-state index contributed by atoms with van der Waals surface area (Å²) in [7, 11) is 0. The molecule has 0 aliphatic rings. The molecule has 70 valence electrons. The molecule has 0 radical (unpaired) electrons. The number of carbonyl (C=O) groups is 1. The zero-order chi connectivity index (χ0) is 9.84. The van der Waals surface area contributed by atoms with E-state index in [0.29, 0.717) is 0 Å². The molecule has 2 nitrogen and oxygen atoms in total. The molecule has 1 aromatic carbocycles. The van der Waals surface area contributed by atoms with Crippen LogP contribution in [0.3, 0.4) is 0 Å². The van der Waals surface area contributed by atoms with Gasteiger partial charge in [-0.2, -0.15) is 0 Å². The summed E-state index contributed by atoms with van der Waals surface area (Å²) in [6.07, 6.45) is -0.365. The molecule has 0 spiro atoms. The van der Waals surface area contributed by atoms with Gasteiger partial charge in [-0.1, -0.05) is 12.1 Å². The number of rotatable bonds is 3. The summed E-state index contributed by atoms with van der Waals surface area (Å²) in [5, 5.41) is 0. The van der Waals surface area contributed by atoms with Crippen molar-refractivity contribution in [2.24, 2.45) is 0 Å². The topological polar surface area (TPSA) is 26.3 Å². The van der Waals surface area contributed by atoms with E-state index in [9.17, 15) is 4.79 Å². The molecule has 0 saturated carbocycles. The highest BCUT2D eigenvalue weighted by atomic mass is 127. The number of carbonyl (C=O) groups excluding carboxylic acids is 1. The number of halogens is 1. The number of para-hydroxylation sites is 1. The first kappa shape index (κ1) is 10.5. The van der Waals surface area contributed by atoms with E-state index in [2.05, 4.69) is 22.6 Å². The van der Waals surface area contributed by atoms with E-state index in [1.807, 2.05) is 24.3 Å². The lowest BCUT2D eigenvalue weighted by Gasteiger charge is -2.12. The Balaban J connectivity index is 2.74. The minimum absolute atomic E-state index is 0.0413. The first-order valence-electron chi connectivity index (χ1n) is 4.03. The van der Waals surface area contributed by atoms with Gasteiger partial charge in [-0.15, -0.1) is 0 Å². The quantitative estimate of drug-likeness (QED) is 0.800. The number of hydrogen-bond donors (Lipinski definition) is 0. The van der Waals surface area contributed by atoms with Crippen molar-refractivity contribution in [1.29, 1.82) is 0 Å². The molecule has 0 aliphatic heterocycles. The van der Waals surface area contributed by atoms with Crippen molar-refractivity contribution in [2.75, 3.05) is 0 Å². The van der Waals surface area contributed by atoms with Crippen molar-refractivity contribution in [1.82, 2.24) is 0 Å². The molecule has 1 unspecified atom stereocenters. The maximum atomic E-state index is 10.9. The van der Waals surface area contributed by atoms with Gasteiger partial charge in [0.1, 0.15) is 5.75 Å². The van der Waals surface area contributed by atoms with E-state index in [1.165, 1.54) is 6.92 Å². The van der Waals surface area contributed by atoms with Gasteiger partial charge in [0.15, 0.2) is 11.9 Å². The van der Waals surface area contributed by atoms with Crippen molar-refractivity contribution in [3.63, 3.8) is 0 Å². The van der Waals surface area contributed by atoms with Crippen LogP contribution in [0.4, 0.5) is 0 Å². The molecule has 0 aromatic heterocycles. The number of benzene rings is 1. The van der Waals surface area contributed by atoms with Gasteiger partial charge in [0.25, 0.3) is 0 Å². The van der Waals surface area contributed by atoms with Gasteiger partial charge in [0.05, 0.1) is 3.57 Å². The average Bonchev–Trinajstić information content (AvgIpc) is 2.08.